The number of carbonyl (C=O) groups excluding carboxylic acids is 1. The molecular formula is C15H15Cl2NO4. The quantitative estimate of drug-likeness (QED) is 0.853. The monoisotopic (exact) mass is 343 g/mol. The van der Waals surface area contributed by atoms with Gasteiger partial charge < -0.3 is 14.7 Å². The second-order valence-electron chi connectivity index (χ2n) is 4.85. The van der Waals surface area contributed by atoms with Crippen molar-refractivity contribution in [3.63, 3.8) is 0 Å². The molecule has 0 radical (unpaired) electrons. The van der Waals surface area contributed by atoms with Crippen molar-refractivity contribution in [3.05, 3.63) is 39.9 Å². The highest BCUT2D eigenvalue weighted by Crippen LogP contribution is 2.26. The Bertz CT molecular complexity index is 603. The molecule has 5 nitrogen and oxygen atoms in total. The van der Waals surface area contributed by atoms with Crippen LogP contribution in [0.4, 0.5) is 0 Å². The Morgan fingerprint density at radius 3 is 2.91 bits per heavy atom. The minimum Gasteiger partial charge on any atom is -0.481 e. The van der Waals surface area contributed by atoms with E-state index in [9.17, 15) is 9.59 Å². The predicted molar refractivity (Wildman–Crippen MR) is 84.1 cm³/mol. The van der Waals surface area contributed by atoms with Crippen molar-refractivity contribution in [2.24, 2.45) is 0 Å². The largest absolute Gasteiger partial charge is 0.481 e. The first-order valence-electron chi connectivity index (χ1n) is 6.72. The van der Waals surface area contributed by atoms with E-state index in [2.05, 4.69) is 0 Å². The van der Waals surface area contributed by atoms with Gasteiger partial charge in [0.25, 0.3) is 0 Å². The Labute approximate surface area is 138 Å². The van der Waals surface area contributed by atoms with E-state index in [0.29, 0.717) is 28.8 Å². The molecule has 0 aromatic heterocycles. The van der Waals surface area contributed by atoms with E-state index in [1.54, 1.807) is 29.2 Å². The summed E-state index contributed by atoms with van der Waals surface area (Å²) in [6.07, 6.45) is 2.41. The molecule has 1 heterocycles. The van der Waals surface area contributed by atoms with Gasteiger partial charge in [-0.05, 0) is 17.7 Å². The third-order valence-electron chi connectivity index (χ3n) is 3.24. The van der Waals surface area contributed by atoms with Crippen LogP contribution in [0.2, 0.25) is 10.0 Å². The molecule has 0 spiro atoms. The van der Waals surface area contributed by atoms with Crippen molar-refractivity contribution >= 4 is 41.2 Å². The van der Waals surface area contributed by atoms with Crippen LogP contribution in [0.25, 0.3) is 6.08 Å². The molecule has 7 heteroatoms. The summed E-state index contributed by atoms with van der Waals surface area (Å²) in [4.78, 5) is 24.4. The lowest BCUT2D eigenvalue weighted by molar-refractivity contribution is -0.145. The maximum atomic E-state index is 12.2. The molecule has 1 aliphatic rings. The summed E-state index contributed by atoms with van der Waals surface area (Å²) < 4.78 is 5.33. The fraction of sp³-hybridized carbons (Fsp3) is 0.333. The molecule has 1 aromatic rings. The van der Waals surface area contributed by atoms with Crippen LogP contribution in [0.1, 0.15) is 12.0 Å². The lowest BCUT2D eigenvalue weighted by Crippen LogP contribution is -2.45. The SMILES string of the molecule is O=C(O)CC1CN(C(=O)/C=C/c2cccc(Cl)c2Cl)CCO1. The van der Waals surface area contributed by atoms with Gasteiger partial charge in [-0.2, -0.15) is 0 Å². The van der Waals surface area contributed by atoms with E-state index in [0.717, 1.165) is 0 Å². The van der Waals surface area contributed by atoms with Gasteiger partial charge in [0.1, 0.15) is 0 Å². The summed E-state index contributed by atoms with van der Waals surface area (Å²) in [5.74, 6) is -1.16. The van der Waals surface area contributed by atoms with Crippen molar-refractivity contribution in [2.45, 2.75) is 12.5 Å². The minimum absolute atomic E-state index is 0.117. The summed E-state index contributed by atoms with van der Waals surface area (Å²) in [6, 6.07) is 5.17. The highest BCUT2D eigenvalue weighted by molar-refractivity contribution is 6.42. The van der Waals surface area contributed by atoms with Crippen LogP contribution < -0.4 is 0 Å². The number of aliphatic carboxylic acids is 1. The molecule has 1 aliphatic heterocycles. The van der Waals surface area contributed by atoms with Gasteiger partial charge in [0.05, 0.1) is 29.2 Å². The normalized spacial score (nSPS) is 18.6. The molecule has 0 bridgehead atoms. The van der Waals surface area contributed by atoms with E-state index in [-0.39, 0.29) is 18.9 Å². The van der Waals surface area contributed by atoms with Gasteiger partial charge in [-0.25, -0.2) is 0 Å². The van der Waals surface area contributed by atoms with Crippen LogP contribution in [-0.2, 0) is 14.3 Å². The van der Waals surface area contributed by atoms with Crippen LogP contribution in [0.3, 0.4) is 0 Å². The maximum Gasteiger partial charge on any atom is 0.306 e. The van der Waals surface area contributed by atoms with Gasteiger partial charge in [0, 0.05) is 19.2 Å². The van der Waals surface area contributed by atoms with Gasteiger partial charge in [0.2, 0.25) is 5.91 Å². The van der Waals surface area contributed by atoms with Gasteiger partial charge >= 0.3 is 5.97 Å². The zero-order valence-corrected chi connectivity index (χ0v) is 13.2. The van der Waals surface area contributed by atoms with Crippen molar-refractivity contribution in [3.8, 4) is 0 Å². The Morgan fingerprint density at radius 2 is 2.18 bits per heavy atom. The van der Waals surface area contributed by atoms with Crippen molar-refractivity contribution in [1.82, 2.24) is 4.90 Å². The van der Waals surface area contributed by atoms with Gasteiger partial charge in [-0.15, -0.1) is 0 Å². The number of carboxylic acid groups (broad SMARTS) is 1. The zero-order chi connectivity index (χ0) is 16.1. The Hall–Kier alpha value is -1.56. The number of morpholine rings is 1. The second-order valence-corrected chi connectivity index (χ2v) is 5.64. The molecule has 1 atom stereocenters. The molecule has 0 saturated carbocycles. The summed E-state index contributed by atoms with van der Waals surface area (Å²) in [5.41, 5.74) is 0.651. The first-order valence-corrected chi connectivity index (χ1v) is 7.47. The summed E-state index contributed by atoms with van der Waals surface area (Å²) in [7, 11) is 0. The first-order chi connectivity index (χ1) is 10.5. The number of rotatable bonds is 4. The van der Waals surface area contributed by atoms with E-state index in [1.807, 2.05) is 0 Å². The molecular weight excluding hydrogens is 329 g/mol. The first kappa shape index (κ1) is 16.8. The zero-order valence-electron chi connectivity index (χ0n) is 11.7. The average molecular weight is 344 g/mol. The molecule has 1 saturated heterocycles. The molecule has 2 rings (SSSR count). The van der Waals surface area contributed by atoms with Crippen molar-refractivity contribution < 1.29 is 19.4 Å². The second kappa shape index (κ2) is 7.63. The van der Waals surface area contributed by atoms with Gasteiger partial charge in [-0.1, -0.05) is 35.3 Å². The van der Waals surface area contributed by atoms with Crippen LogP contribution in [-0.4, -0.2) is 47.7 Å². The maximum absolute atomic E-state index is 12.2. The molecule has 1 unspecified atom stereocenters. The smallest absolute Gasteiger partial charge is 0.306 e. The highest BCUT2D eigenvalue weighted by atomic mass is 35.5. The van der Waals surface area contributed by atoms with E-state index in [4.69, 9.17) is 33.0 Å². The number of carbonyl (C=O) groups is 2. The number of benzene rings is 1. The number of ether oxygens (including phenoxy) is 1. The molecule has 118 valence electrons. The number of halogens is 2. The Kier molecular flexibility index (Phi) is 5.83. The highest BCUT2D eigenvalue weighted by Gasteiger charge is 2.24. The fourth-order valence-electron chi connectivity index (χ4n) is 2.15. The third-order valence-corrected chi connectivity index (χ3v) is 4.07. The number of carboxylic acids is 1. The average Bonchev–Trinajstić information content (AvgIpc) is 2.48. The lowest BCUT2D eigenvalue weighted by atomic mass is 10.2. The minimum atomic E-state index is -0.944. The molecule has 0 aliphatic carbocycles. The Balaban J connectivity index is 2.00. The summed E-state index contributed by atoms with van der Waals surface area (Å²) in [6.45, 7) is 1.02. The summed E-state index contributed by atoms with van der Waals surface area (Å²) >= 11 is 12.0. The summed E-state index contributed by atoms with van der Waals surface area (Å²) in [5, 5.41) is 9.58. The van der Waals surface area contributed by atoms with Crippen LogP contribution >= 0.6 is 23.2 Å². The number of nitrogens with zero attached hydrogens (tertiary/aromatic N) is 1. The molecule has 1 fully saturated rings. The number of amides is 1. The van der Waals surface area contributed by atoms with E-state index >= 15 is 0 Å². The van der Waals surface area contributed by atoms with E-state index in [1.165, 1.54) is 6.08 Å². The predicted octanol–water partition coefficient (Wildman–Crippen LogP) is 2.71. The Morgan fingerprint density at radius 1 is 1.41 bits per heavy atom. The van der Waals surface area contributed by atoms with Gasteiger partial charge in [-0.3, -0.25) is 9.59 Å². The van der Waals surface area contributed by atoms with Crippen LogP contribution in [0.15, 0.2) is 24.3 Å². The fourth-order valence-corrected chi connectivity index (χ4v) is 2.52. The lowest BCUT2D eigenvalue weighted by Gasteiger charge is -2.31. The van der Waals surface area contributed by atoms with Gasteiger partial charge in [0.15, 0.2) is 0 Å². The van der Waals surface area contributed by atoms with Crippen LogP contribution in [0, 0.1) is 0 Å². The third kappa shape index (κ3) is 4.47. The molecule has 1 amide bonds. The number of hydrogen-bond acceptors (Lipinski definition) is 3. The molecule has 1 aromatic carbocycles. The van der Waals surface area contributed by atoms with E-state index < -0.39 is 12.1 Å². The number of hydrogen-bond donors (Lipinski definition) is 1. The van der Waals surface area contributed by atoms with Crippen LogP contribution in [0.5, 0.6) is 0 Å². The molecule has 1 N–H and O–H groups in total. The van der Waals surface area contributed by atoms with Crippen molar-refractivity contribution in [2.75, 3.05) is 19.7 Å². The molecule has 22 heavy (non-hydrogen) atoms. The van der Waals surface area contributed by atoms with Crippen molar-refractivity contribution in [1.29, 1.82) is 0 Å². The standard InChI is InChI=1S/C15H15Cl2NO4/c16-12-3-1-2-10(15(12)17)4-5-13(19)18-6-7-22-11(9-18)8-14(20)21/h1-5,11H,6-9H2,(H,20,21)/b5-4+. The topological polar surface area (TPSA) is 66.8 Å².